The molecule has 0 heterocycles. The molecular weight excluding hydrogens is 877 g/mol. The van der Waals surface area contributed by atoms with Crippen LogP contribution in [0.4, 0.5) is 0 Å². The number of unbranched alkanes of at least 4 members (excludes halogenated alkanes) is 45. The second kappa shape index (κ2) is 55.5. The minimum Gasteiger partial charge on any atom is -0.490 e. The van der Waals surface area contributed by atoms with Crippen LogP contribution in [0.15, 0.2) is 12.1 Å². The molecule has 1 aromatic carbocycles. The lowest BCUT2D eigenvalue weighted by molar-refractivity contribution is -0.144. The maximum absolute atomic E-state index is 12.4. The molecule has 6 nitrogen and oxygen atoms in total. The predicted octanol–water partition coefficient (Wildman–Crippen LogP) is 21.5. The Hall–Kier alpha value is -2.24. The molecule has 71 heavy (non-hydrogen) atoms. The first kappa shape index (κ1) is 66.8. The molecule has 1 radical (unpaired) electrons. The van der Waals surface area contributed by atoms with Crippen LogP contribution in [-0.4, -0.2) is 32.1 Å². The molecule has 0 unspecified atom stereocenters. The summed E-state index contributed by atoms with van der Waals surface area (Å²) in [6.45, 7) is 8.84. The van der Waals surface area contributed by atoms with Gasteiger partial charge in [0.25, 0.3) is 0 Å². The van der Waals surface area contributed by atoms with Crippen LogP contribution in [0.3, 0.4) is 0 Å². The number of benzene rings is 1. The van der Waals surface area contributed by atoms with E-state index in [1.807, 2.05) is 12.1 Å². The summed E-state index contributed by atoms with van der Waals surface area (Å²) in [5.74, 6) is 1.64. The molecule has 0 aliphatic carbocycles. The standard InChI is InChI=1S/C65H119O6/c1-4-7-10-13-16-19-22-25-28-31-34-37-40-43-46-49-55-68-62-58-61(60-71-64(67)53-52-54-66)59-63(69-56-50-47-44-41-38-35-32-29-26-23-20-17-14-11-8-5-2)65(62)70-57-51-48-45-42-39-36-33-30-27-24-21-18-15-12-9-6-3/h58-59H,4-53,55-57,60H2,1-3H3. The van der Waals surface area contributed by atoms with E-state index in [4.69, 9.17) is 18.9 Å². The molecule has 1 rings (SSSR count). The van der Waals surface area contributed by atoms with Crippen molar-refractivity contribution in [2.45, 2.75) is 348 Å². The van der Waals surface area contributed by atoms with Crippen LogP contribution in [0, 0.1) is 0 Å². The van der Waals surface area contributed by atoms with Crippen molar-refractivity contribution in [1.29, 1.82) is 0 Å². The molecule has 0 N–H and O–H groups in total. The summed E-state index contributed by atoms with van der Waals surface area (Å²) in [4.78, 5) is 23.2. The SMILES string of the molecule is CCCCCCCCCCCCCCCCCCOc1cc(COC(=O)CC[C]=O)cc(OCCCCCCCCCCCCCCCCCC)c1OCCCCCCCCCCCCCCCCCC. The van der Waals surface area contributed by atoms with E-state index in [1.54, 1.807) is 6.29 Å². The van der Waals surface area contributed by atoms with Gasteiger partial charge in [-0.15, -0.1) is 0 Å². The number of carbonyl (C=O) groups is 1. The normalized spacial score (nSPS) is 11.4. The van der Waals surface area contributed by atoms with Crippen LogP contribution in [0.5, 0.6) is 17.2 Å². The molecule has 415 valence electrons. The fraction of sp³-hybridized carbons (Fsp3) is 0.877. The van der Waals surface area contributed by atoms with Gasteiger partial charge in [-0.2, -0.15) is 0 Å². The van der Waals surface area contributed by atoms with Gasteiger partial charge in [0.05, 0.1) is 26.2 Å². The minimum atomic E-state index is -0.400. The monoisotopic (exact) mass is 996 g/mol. The van der Waals surface area contributed by atoms with Gasteiger partial charge in [-0.3, -0.25) is 9.59 Å². The molecule has 0 atom stereocenters. The lowest BCUT2D eigenvalue weighted by Gasteiger charge is -2.19. The summed E-state index contributed by atoms with van der Waals surface area (Å²) in [7, 11) is 0. The smallest absolute Gasteiger partial charge is 0.306 e. The fourth-order valence-corrected chi connectivity index (χ4v) is 9.95. The highest BCUT2D eigenvalue weighted by Crippen LogP contribution is 2.40. The van der Waals surface area contributed by atoms with Gasteiger partial charge < -0.3 is 18.9 Å². The van der Waals surface area contributed by atoms with Gasteiger partial charge >= 0.3 is 5.97 Å². The average molecular weight is 997 g/mol. The van der Waals surface area contributed by atoms with E-state index in [0.29, 0.717) is 37.1 Å². The summed E-state index contributed by atoms with van der Waals surface area (Å²) in [5, 5.41) is 0. The van der Waals surface area contributed by atoms with Gasteiger partial charge in [0.2, 0.25) is 5.75 Å². The molecule has 0 bridgehead atoms. The number of carbonyl (C=O) groups excluding carboxylic acids is 2. The van der Waals surface area contributed by atoms with Crippen molar-refractivity contribution < 1.29 is 28.5 Å². The third kappa shape index (κ3) is 46.1. The largest absolute Gasteiger partial charge is 0.490 e. The first-order valence-electron chi connectivity index (χ1n) is 31.7. The Morgan fingerprint density at radius 2 is 0.592 bits per heavy atom. The Labute approximate surface area is 442 Å². The first-order chi connectivity index (χ1) is 35.2. The molecule has 0 aliphatic rings. The number of rotatable bonds is 59. The molecule has 0 aliphatic heterocycles. The average Bonchev–Trinajstić information content (AvgIpc) is 3.38. The van der Waals surface area contributed by atoms with Gasteiger partial charge in [-0.1, -0.05) is 310 Å². The summed E-state index contributed by atoms with van der Waals surface area (Å²) in [6.07, 6.45) is 66.2. The van der Waals surface area contributed by atoms with Crippen molar-refractivity contribution in [3.63, 3.8) is 0 Å². The first-order valence-corrected chi connectivity index (χ1v) is 31.7. The zero-order valence-corrected chi connectivity index (χ0v) is 47.8. The van der Waals surface area contributed by atoms with Crippen molar-refractivity contribution in [2.75, 3.05) is 19.8 Å². The highest BCUT2D eigenvalue weighted by atomic mass is 16.5. The van der Waals surface area contributed by atoms with Crippen molar-refractivity contribution in [3.8, 4) is 17.2 Å². The number of ether oxygens (including phenoxy) is 4. The van der Waals surface area contributed by atoms with Gasteiger partial charge in [-0.25, -0.2) is 0 Å². The fourth-order valence-electron chi connectivity index (χ4n) is 9.95. The van der Waals surface area contributed by atoms with Crippen LogP contribution < -0.4 is 14.2 Å². The number of esters is 1. The Morgan fingerprint density at radius 1 is 0.352 bits per heavy atom. The maximum Gasteiger partial charge on any atom is 0.306 e. The van der Waals surface area contributed by atoms with E-state index < -0.39 is 5.97 Å². The number of hydrogen-bond donors (Lipinski definition) is 0. The van der Waals surface area contributed by atoms with Gasteiger partial charge in [-0.05, 0) is 37.0 Å². The van der Waals surface area contributed by atoms with Crippen molar-refractivity contribution in [2.24, 2.45) is 0 Å². The molecule has 6 heteroatoms. The summed E-state index contributed by atoms with van der Waals surface area (Å²) in [6, 6.07) is 3.94. The topological polar surface area (TPSA) is 71.1 Å². The van der Waals surface area contributed by atoms with E-state index >= 15 is 0 Å². The Kier molecular flexibility index (Phi) is 52.2. The van der Waals surface area contributed by atoms with E-state index in [0.717, 1.165) is 44.1 Å². The summed E-state index contributed by atoms with van der Waals surface area (Å²) < 4.78 is 25.2. The van der Waals surface area contributed by atoms with Crippen molar-refractivity contribution in [1.82, 2.24) is 0 Å². The van der Waals surface area contributed by atoms with Crippen molar-refractivity contribution in [3.05, 3.63) is 17.7 Å². The molecule has 0 saturated carbocycles. The summed E-state index contributed by atoms with van der Waals surface area (Å²) >= 11 is 0. The zero-order valence-electron chi connectivity index (χ0n) is 47.8. The van der Waals surface area contributed by atoms with Gasteiger partial charge in [0, 0.05) is 6.42 Å². The lowest BCUT2D eigenvalue weighted by atomic mass is 10.0. The molecule has 0 fully saturated rings. The van der Waals surface area contributed by atoms with Crippen LogP contribution in [-0.2, 0) is 20.9 Å². The molecular formula is C65H119O6. The van der Waals surface area contributed by atoms with Crippen molar-refractivity contribution >= 4 is 12.3 Å². The lowest BCUT2D eigenvalue weighted by Crippen LogP contribution is -2.09. The molecule has 0 amide bonds. The molecule has 0 aromatic heterocycles. The summed E-state index contributed by atoms with van der Waals surface area (Å²) in [5.41, 5.74) is 0.812. The number of hydrogen-bond acceptors (Lipinski definition) is 6. The third-order valence-electron chi connectivity index (χ3n) is 14.7. The Bertz CT molecular complexity index is 1190. The Morgan fingerprint density at radius 3 is 0.845 bits per heavy atom. The van der Waals surface area contributed by atoms with E-state index in [2.05, 4.69) is 20.8 Å². The zero-order chi connectivity index (χ0) is 51.0. The second-order valence-electron chi connectivity index (χ2n) is 21.7. The Balaban J connectivity index is 2.65. The van der Waals surface area contributed by atoms with Gasteiger partial charge in [0.1, 0.15) is 6.61 Å². The quantitative estimate of drug-likeness (QED) is 0.0478. The molecule has 0 saturated heterocycles. The van der Waals surface area contributed by atoms with Crippen LogP contribution in [0.1, 0.15) is 347 Å². The molecule has 0 spiro atoms. The van der Waals surface area contributed by atoms with Crippen LogP contribution in [0.2, 0.25) is 0 Å². The van der Waals surface area contributed by atoms with E-state index in [1.165, 1.54) is 270 Å². The minimum absolute atomic E-state index is 0.0369. The van der Waals surface area contributed by atoms with E-state index in [-0.39, 0.29) is 19.4 Å². The van der Waals surface area contributed by atoms with Crippen LogP contribution in [0.25, 0.3) is 0 Å². The predicted molar refractivity (Wildman–Crippen MR) is 306 cm³/mol. The van der Waals surface area contributed by atoms with Crippen LogP contribution >= 0.6 is 0 Å². The molecule has 1 aromatic rings. The third-order valence-corrected chi connectivity index (χ3v) is 14.7. The van der Waals surface area contributed by atoms with E-state index in [9.17, 15) is 9.59 Å². The second-order valence-corrected chi connectivity index (χ2v) is 21.7. The highest BCUT2D eigenvalue weighted by Gasteiger charge is 2.17. The van der Waals surface area contributed by atoms with Gasteiger partial charge in [0.15, 0.2) is 17.8 Å². The maximum atomic E-state index is 12.4. The highest BCUT2D eigenvalue weighted by molar-refractivity contribution is 5.72.